The van der Waals surface area contributed by atoms with E-state index >= 15 is 0 Å². The van der Waals surface area contributed by atoms with Crippen LogP contribution in [0.25, 0.3) is 17.0 Å². The molecule has 0 spiro atoms. The molecule has 1 aromatic heterocycles. The Hall–Kier alpha value is -1.94. The smallest absolute Gasteiger partial charge is 0.235 e. The number of benzene rings is 1. The van der Waals surface area contributed by atoms with Gasteiger partial charge in [-0.1, -0.05) is 23.7 Å². The summed E-state index contributed by atoms with van der Waals surface area (Å²) >= 11 is 5.97. The molecule has 0 saturated carbocycles. The second kappa shape index (κ2) is 4.28. The quantitative estimate of drug-likeness (QED) is 0.593. The second-order valence-corrected chi connectivity index (χ2v) is 3.54. The molecule has 4 nitrogen and oxygen atoms in total. The summed E-state index contributed by atoms with van der Waals surface area (Å²) in [6.45, 7) is 0. The van der Waals surface area contributed by atoms with Crippen LogP contribution in [-0.4, -0.2) is 9.91 Å². The minimum atomic E-state index is -0.503. The lowest BCUT2D eigenvalue weighted by Crippen LogP contribution is -1.86. The standard InChI is InChI=1S/C11H7ClN2O2/c12-10-3-1-2-9-8(5-7-14(15)16)4-6-13-11(9)10/h1-7H. The van der Waals surface area contributed by atoms with E-state index in [4.69, 9.17) is 11.6 Å². The highest BCUT2D eigenvalue weighted by Gasteiger charge is 2.03. The summed E-state index contributed by atoms with van der Waals surface area (Å²) in [5.74, 6) is 0. The van der Waals surface area contributed by atoms with Crippen molar-refractivity contribution in [1.82, 2.24) is 4.98 Å². The Morgan fingerprint density at radius 3 is 2.94 bits per heavy atom. The first-order chi connectivity index (χ1) is 7.68. The molecule has 16 heavy (non-hydrogen) atoms. The monoisotopic (exact) mass is 234 g/mol. The van der Waals surface area contributed by atoms with Crippen molar-refractivity contribution in [2.75, 3.05) is 0 Å². The zero-order valence-electron chi connectivity index (χ0n) is 8.13. The molecular weight excluding hydrogens is 228 g/mol. The average molecular weight is 235 g/mol. The normalized spacial score (nSPS) is 11.1. The van der Waals surface area contributed by atoms with Crippen molar-refractivity contribution >= 4 is 28.6 Å². The maximum atomic E-state index is 10.3. The van der Waals surface area contributed by atoms with Gasteiger partial charge in [-0.2, -0.15) is 0 Å². The highest BCUT2D eigenvalue weighted by molar-refractivity contribution is 6.35. The van der Waals surface area contributed by atoms with Crippen molar-refractivity contribution in [2.24, 2.45) is 0 Å². The SMILES string of the molecule is O=[N+]([O-])C=Cc1ccnc2c(Cl)cccc12. The highest BCUT2D eigenvalue weighted by Crippen LogP contribution is 2.24. The van der Waals surface area contributed by atoms with E-state index < -0.39 is 4.92 Å². The fourth-order valence-electron chi connectivity index (χ4n) is 1.45. The molecule has 0 N–H and O–H groups in total. The largest absolute Gasteiger partial charge is 0.259 e. The average Bonchev–Trinajstić information content (AvgIpc) is 2.27. The van der Waals surface area contributed by atoms with Crippen LogP contribution in [0.5, 0.6) is 0 Å². The van der Waals surface area contributed by atoms with Crippen molar-refractivity contribution in [3.05, 3.63) is 57.4 Å². The molecule has 2 aromatic rings. The Labute approximate surface area is 96.3 Å². The number of rotatable bonds is 2. The first-order valence-corrected chi connectivity index (χ1v) is 4.91. The fourth-order valence-corrected chi connectivity index (χ4v) is 1.67. The number of pyridine rings is 1. The Morgan fingerprint density at radius 1 is 1.38 bits per heavy atom. The van der Waals surface area contributed by atoms with E-state index in [-0.39, 0.29) is 0 Å². The lowest BCUT2D eigenvalue weighted by Gasteiger charge is -2.01. The van der Waals surface area contributed by atoms with Gasteiger partial charge in [0.25, 0.3) is 0 Å². The van der Waals surface area contributed by atoms with E-state index in [1.54, 1.807) is 24.4 Å². The Kier molecular flexibility index (Phi) is 2.83. The van der Waals surface area contributed by atoms with Crippen LogP contribution in [0.15, 0.2) is 36.7 Å². The lowest BCUT2D eigenvalue weighted by atomic mass is 10.1. The van der Waals surface area contributed by atoms with Gasteiger partial charge in [0.2, 0.25) is 6.20 Å². The third-order valence-corrected chi connectivity index (χ3v) is 2.44. The number of nitro groups is 1. The molecule has 0 aliphatic heterocycles. The van der Waals surface area contributed by atoms with Crippen molar-refractivity contribution in [2.45, 2.75) is 0 Å². The summed E-state index contributed by atoms with van der Waals surface area (Å²) in [5.41, 5.74) is 1.37. The number of nitrogens with zero attached hydrogens (tertiary/aromatic N) is 2. The van der Waals surface area contributed by atoms with Crippen molar-refractivity contribution in [3.63, 3.8) is 0 Å². The summed E-state index contributed by atoms with van der Waals surface area (Å²) in [6, 6.07) is 7.06. The summed E-state index contributed by atoms with van der Waals surface area (Å²) < 4.78 is 0. The van der Waals surface area contributed by atoms with Crippen LogP contribution in [0.4, 0.5) is 0 Å². The predicted octanol–water partition coefficient (Wildman–Crippen LogP) is 3.14. The molecule has 5 heteroatoms. The molecule has 1 aromatic carbocycles. The molecule has 0 radical (unpaired) electrons. The minimum Gasteiger partial charge on any atom is -0.259 e. The highest BCUT2D eigenvalue weighted by atomic mass is 35.5. The Morgan fingerprint density at radius 2 is 2.19 bits per heavy atom. The first-order valence-electron chi connectivity index (χ1n) is 4.53. The molecule has 1 heterocycles. The zero-order chi connectivity index (χ0) is 11.5. The van der Waals surface area contributed by atoms with Gasteiger partial charge < -0.3 is 0 Å². The van der Waals surface area contributed by atoms with Gasteiger partial charge in [0, 0.05) is 17.7 Å². The molecule has 0 fully saturated rings. The van der Waals surface area contributed by atoms with Gasteiger partial charge in [-0.05, 0) is 17.7 Å². The number of halogens is 1. The lowest BCUT2D eigenvalue weighted by molar-refractivity contribution is -0.400. The Bertz CT molecular complexity index is 581. The van der Waals surface area contributed by atoms with E-state index in [0.29, 0.717) is 10.5 Å². The molecule has 0 atom stereocenters. The number of hydrogen-bond donors (Lipinski definition) is 0. The fraction of sp³-hybridized carbons (Fsp3) is 0. The molecule has 0 bridgehead atoms. The summed E-state index contributed by atoms with van der Waals surface area (Å²) in [7, 11) is 0. The Balaban J connectivity index is 2.63. The molecule has 0 aliphatic carbocycles. The van der Waals surface area contributed by atoms with Gasteiger partial charge in [0.15, 0.2) is 0 Å². The topological polar surface area (TPSA) is 56.0 Å². The summed E-state index contributed by atoms with van der Waals surface area (Å²) in [4.78, 5) is 13.9. The van der Waals surface area contributed by atoms with Crippen LogP contribution in [0.2, 0.25) is 5.02 Å². The van der Waals surface area contributed by atoms with Crippen LogP contribution in [0.3, 0.4) is 0 Å². The molecule has 0 amide bonds. The molecular formula is C11H7ClN2O2. The number of aromatic nitrogens is 1. The van der Waals surface area contributed by atoms with Crippen LogP contribution in [0.1, 0.15) is 5.56 Å². The second-order valence-electron chi connectivity index (χ2n) is 3.14. The van der Waals surface area contributed by atoms with E-state index in [0.717, 1.165) is 17.1 Å². The summed E-state index contributed by atoms with van der Waals surface area (Å²) in [6.07, 6.45) is 3.91. The van der Waals surface area contributed by atoms with Gasteiger partial charge in [0.05, 0.1) is 15.5 Å². The third kappa shape index (κ3) is 2.01. The van der Waals surface area contributed by atoms with Gasteiger partial charge in [0.1, 0.15) is 0 Å². The van der Waals surface area contributed by atoms with Gasteiger partial charge in [-0.3, -0.25) is 15.1 Å². The van der Waals surface area contributed by atoms with E-state index in [1.165, 1.54) is 6.08 Å². The van der Waals surface area contributed by atoms with Crippen molar-refractivity contribution in [3.8, 4) is 0 Å². The molecule has 0 aliphatic rings. The molecule has 0 unspecified atom stereocenters. The van der Waals surface area contributed by atoms with E-state index in [9.17, 15) is 10.1 Å². The van der Waals surface area contributed by atoms with Crippen LogP contribution in [-0.2, 0) is 0 Å². The molecule has 80 valence electrons. The van der Waals surface area contributed by atoms with E-state index in [1.807, 2.05) is 6.07 Å². The van der Waals surface area contributed by atoms with Crippen LogP contribution < -0.4 is 0 Å². The maximum Gasteiger partial charge on any atom is 0.235 e. The minimum absolute atomic E-state index is 0.503. The summed E-state index contributed by atoms with van der Waals surface area (Å²) in [5, 5.41) is 11.6. The number of hydrogen-bond acceptors (Lipinski definition) is 3. The number of fused-ring (bicyclic) bond motifs is 1. The first kappa shape index (κ1) is 10.6. The van der Waals surface area contributed by atoms with Gasteiger partial charge in [-0.15, -0.1) is 0 Å². The van der Waals surface area contributed by atoms with Crippen LogP contribution in [0, 0.1) is 10.1 Å². The maximum absolute atomic E-state index is 10.3. The van der Waals surface area contributed by atoms with Crippen LogP contribution >= 0.6 is 11.6 Å². The predicted molar refractivity (Wildman–Crippen MR) is 62.8 cm³/mol. The van der Waals surface area contributed by atoms with Crippen molar-refractivity contribution in [1.29, 1.82) is 0 Å². The molecule has 0 saturated heterocycles. The zero-order valence-corrected chi connectivity index (χ0v) is 8.89. The molecule has 2 rings (SSSR count). The van der Waals surface area contributed by atoms with Gasteiger partial charge in [-0.25, -0.2) is 0 Å². The number of para-hydroxylation sites is 1. The third-order valence-electron chi connectivity index (χ3n) is 2.13. The van der Waals surface area contributed by atoms with Crippen molar-refractivity contribution < 1.29 is 4.92 Å². The van der Waals surface area contributed by atoms with Gasteiger partial charge >= 0.3 is 0 Å². The van der Waals surface area contributed by atoms with E-state index in [2.05, 4.69) is 4.98 Å².